The van der Waals surface area contributed by atoms with E-state index in [1.807, 2.05) is 17.7 Å². The van der Waals surface area contributed by atoms with Gasteiger partial charge in [-0.2, -0.15) is 5.10 Å². The number of ketones is 1. The van der Waals surface area contributed by atoms with Gasteiger partial charge in [0.05, 0.1) is 0 Å². The van der Waals surface area contributed by atoms with Gasteiger partial charge in [0.25, 0.3) is 0 Å². The van der Waals surface area contributed by atoms with Crippen LogP contribution in [-0.2, 0) is 11.3 Å². The molecule has 1 heterocycles. The molecule has 0 radical (unpaired) electrons. The SMILES string of the molecule is CCCn1nccc1C(=O)C(OCC)C1CCCCC1. The van der Waals surface area contributed by atoms with Gasteiger partial charge in [0.1, 0.15) is 11.8 Å². The molecule has 112 valence electrons. The van der Waals surface area contributed by atoms with Crippen molar-refractivity contribution in [1.29, 1.82) is 0 Å². The molecule has 20 heavy (non-hydrogen) atoms. The van der Waals surface area contributed by atoms with Crippen LogP contribution < -0.4 is 0 Å². The number of rotatable bonds is 7. The number of carbonyl (C=O) groups is 1. The van der Waals surface area contributed by atoms with Gasteiger partial charge in [-0.1, -0.05) is 26.2 Å². The van der Waals surface area contributed by atoms with Gasteiger partial charge in [-0.15, -0.1) is 0 Å². The summed E-state index contributed by atoms with van der Waals surface area (Å²) in [6.45, 7) is 5.44. The standard InChI is InChI=1S/C16H26N2O2/c1-3-12-18-14(10-11-17-18)15(19)16(20-4-2)13-8-6-5-7-9-13/h10-11,13,16H,3-9,12H2,1-2H3. The minimum absolute atomic E-state index is 0.115. The van der Waals surface area contributed by atoms with Gasteiger partial charge in [0.15, 0.2) is 0 Å². The van der Waals surface area contributed by atoms with E-state index < -0.39 is 0 Å². The Kier molecular flexibility index (Phi) is 5.77. The van der Waals surface area contributed by atoms with E-state index in [0.717, 1.165) is 25.8 Å². The Bertz CT molecular complexity index is 422. The number of ether oxygens (including phenoxy) is 1. The second kappa shape index (κ2) is 7.58. The molecular weight excluding hydrogens is 252 g/mol. The van der Waals surface area contributed by atoms with E-state index in [0.29, 0.717) is 18.2 Å². The normalized spacial score (nSPS) is 18.1. The number of hydrogen-bond donors (Lipinski definition) is 0. The summed E-state index contributed by atoms with van der Waals surface area (Å²) in [7, 11) is 0. The molecule has 0 bridgehead atoms. The topological polar surface area (TPSA) is 44.1 Å². The third kappa shape index (κ3) is 3.48. The first-order valence-electron chi connectivity index (χ1n) is 7.95. The molecular formula is C16H26N2O2. The van der Waals surface area contributed by atoms with Crippen molar-refractivity contribution < 1.29 is 9.53 Å². The molecule has 4 heteroatoms. The first-order valence-corrected chi connectivity index (χ1v) is 7.95. The molecule has 0 saturated heterocycles. The van der Waals surface area contributed by atoms with E-state index in [4.69, 9.17) is 4.74 Å². The van der Waals surface area contributed by atoms with Gasteiger partial charge < -0.3 is 4.74 Å². The van der Waals surface area contributed by atoms with Crippen molar-refractivity contribution in [2.75, 3.05) is 6.61 Å². The third-order valence-electron chi connectivity index (χ3n) is 4.09. The molecule has 0 amide bonds. The Morgan fingerprint density at radius 1 is 1.40 bits per heavy atom. The minimum Gasteiger partial charge on any atom is -0.370 e. The Labute approximate surface area is 121 Å². The van der Waals surface area contributed by atoms with Crippen molar-refractivity contribution in [3.05, 3.63) is 18.0 Å². The number of aryl methyl sites for hydroxylation is 1. The van der Waals surface area contributed by atoms with Gasteiger partial charge in [-0.3, -0.25) is 9.48 Å². The summed E-state index contributed by atoms with van der Waals surface area (Å²) in [6.07, 6.45) is 8.35. The Hall–Kier alpha value is -1.16. The van der Waals surface area contributed by atoms with Crippen LogP contribution >= 0.6 is 0 Å². The van der Waals surface area contributed by atoms with Crippen LogP contribution in [0.15, 0.2) is 12.3 Å². The molecule has 1 aromatic heterocycles. The van der Waals surface area contributed by atoms with Crippen molar-refractivity contribution in [3.63, 3.8) is 0 Å². The van der Waals surface area contributed by atoms with Crippen LogP contribution in [0.25, 0.3) is 0 Å². The molecule has 1 saturated carbocycles. The smallest absolute Gasteiger partial charge is 0.209 e. The van der Waals surface area contributed by atoms with Gasteiger partial charge in [-0.05, 0) is 38.2 Å². The lowest BCUT2D eigenvalue weighted by molar-refractivity contribution is 0.0119. The van der Waals surface area contributed by atoms with Gasteiger partial charge in [0.2, 0.25) is 5.78 Å². The molecule has 4 nitrogen and oxygen atoms in total. The molecule has 0 aromatic carbocycles. The molecule has 1 aliphatic rings. The van der Waals surface area contributed by atoms with E-state index in [2.05, 4.69) is 12.0 Å². The third-order valence-corrected chi connectivity index (χ3v) is 4.09. The average molecular weight is 278 g/mol. The van der Waals surface area contributed by atoms with Crippen molar-refractivity contribution in [2.45, 2.75) is 65.0 Å². The summed E-state index contributed by atoms with van der Waals surface area (Å²) in [4.78, 5) is 12.8. The van der Waals surface area contributed by atoms with E-state index in [1.54, 1.807) is 6.20 Å². The molecule has 0 aliphatic heterocycles. The highest BCUT2D eigenvalue weighted by atomic mass is 16.5. The van der Waals surface area contributed by atoms with E-state index in [9.17, 15) is 4.79 Å². The Morgan fingerprint density at radius 3 is 2.80 bits per heavy atom. The van der Waals surface area contributed by atoms with Crippen molar-refractivity contribution in [3.8, 4) is 0 Å². The van der Waals surface area contributed by atoms with Crippen LogP contribution in [-0.4, -0.2) is 28.3 Å². The molecule has 1 aliphatic carbocycles. The number of aromatic nitrogens is 2. The van der Waals surface area contributed by atoms with Crippen molar-refractivity contribution in [1.82, 2.24) is 9.78 Å². The lowest BCUT2D eigenvalue weighted by Gasteiger charge is -2.29. The van der Waals surface area contributed by atoms with Crippen LogP contribution in [0.3, 0.4) is 0 Å². The Balaban J connectivity index is 2.14. The highest BCUT2D eigenvalue weighted by Crippen LogP contribution is 2.29. The number of Topliss-reactive ketones (excluding diaryl/α,β-unsaturated/α-hetero) is 1. The highest BCUT2D eigenvalue weighted by molar-refractivity contribution is 5.98. The predicted molar refractivity (Wildman–Crippen MR) is 78.8 cm³/mol. The second-order valence-corrected chi connectivity index (χ2v) is 5.58. The molecule has 0 N–H and O–H groups in total. The zero-order chi connectivity index (χ0) is 14.4. The number of carbonyl (C=O) groups excluding carboxylic acids is 1. The van der Waals surface area contributed by atoms with Crippen LogP contribution in [0, 0.1) is 5.92 Å². The Morgan fingerprint density at radius 2 is 2.15 bits per heavy atom. The summed E-state index contributed by atoms with van der Waals surface area (Å²) in [5, 5.41) is 4.25. The van der Waals surface area contributed by atoms with Crippen molar-refractivity contribution in [2.24, 2.45) is 5.92 Å². The maximum absolute atomic E-state index is 12.8. The van der Waals surface area contributed by atoms with Crippen LogP contribution in [0.1, 0.15) is 62.9 Å². The highest BCUT2D eigenvalue weighted by Gasteiger charge is 2.32. The van der Waals surface area contributed by atoms with E-state index in [1.165, 1.54) is 19.3 Å². The van der Waals surface area contributed by atoms with Gasteiger partial charge in [0, 0.05) is 19.3 Å². The zero-order valence-electron chi connectivity index (χ0n) is 12.7. The second-order valence-electron chi connectivity index (χ2n) is 5.58. The fraction of sp³-hybridized carbons (Fsp3) is 0.750. The lowest BCUT2D eigenvalue weighted by Crippen LogP contribution is -2.35. The molecule has 1 aromatic rings. The largest absolute Gasteiger partial charge is 0.370 e. The monoisotopic (exact) mass is 278 g/mol. The van der Waals surface area contributed by atoms with Gasteiger partial charge >= 0.3 is 0 Å². The van der Waals surface area contributed by atoms with Crippen LogP contribution in [0.2, 0.25) is 0 Å². The first kappa shape index (κ1) is 15.2. The maximum Gasteiger partial charge on any atom is 0.209 e. The average Bonchev–Trinajstić information content (AvgIpc) is 2.94. The van der Waals surface area contributed by atoms with Gasteiger partial charge in [-0.25, -0.2) is 0 Å². The van der Waals surface area contributed by atoms with Crippen LogP contribution in [0.4, 0.5) is 0 Å². The molecule has 1 fully saturated rings. The first-order chi connectivity index (χ1) is 9.77. The number of hydrogen-bond acceptors (Lipinski definition) is 3. The fourth-order valence-electron chi connectivity index (χ4n) is 3.12. The molecule has 1 unspecified atom stereocenters. The molecule has 2 rings (SSSR count). The summed E-state index contributed by atoms with van der Waals surface area (Å²) >= 11 is 0. The number of nitrogens with zero attached hydrogens (tertiary/aromatic N) is 2. The summed E-state index contributed by atoms with van der Waals surface area (Å²) in [5.41, 5.74) is 0.705. The fourth-order valence-corrected chi connectivity index (χ4v) is 3.12. The zero-order valence-corrected chi connectivity index (χ0v) is 12.7. The van der Waals surface area contributed by atoms with E-state index in [-0.39, 0.29) is 11.9 Å². The predicted octanol–water partition coefficient (Wildman–Crippen LogP) is 3.46. The summed E-state index contributed by atoms with van der Waals surface area (Å²) in [6, 6.07) is 1.83. The molecule has 0 spiro atoms. The lowest BCUT2D eigenvalue weighted by atomic mass is 9.83. The maximum atomic E-state index is 12.8. The minimum atomic E-state index is -0.285. The quantitative estimate of drug-likeness (QED) is 0.717. The summed E-state index contributed by atoms with van der Waals surface area (Å²) < 4.78 is 7.63. The summed E-state index contributed by atoms with van der Waals surface area (Å²) in [5.74, 6) is 0.492. The molecule has 1 atom stereocenters. The van der Waals surface area contributed by atoms with Crippen LogP contribution in [0.5, 0.6) is 0 Å². The van der Waals surface area contributed by atoms with Crippen molar-refractivity contribution >= 4 is 5.78 Å². The van der Waals surface area contributed by atoms with E-state index >= 15 is 0 Å².